The highest BCUT2D eigenvalue weighted by Crippen LogP contribution is 2.17. The lowest BCUT2D eigenvalue weighted by molar-refractivity contribution is -0.149. The summed E-state index contributed by atoms with van der Waals surface area (Å²) in [6.07, 6.45) is 0. The maximum absolute atomic E-state index is 12.7. The van der Waals surface area contributed by atoms with E-state index >= 15 is 0 Å². The molecule has 0 unspecified atom stereocenters. The summed E-state index contributed by atoms with van der Waals surface area (Å²) in [4.78, 5) is 12.4. The quantitative estimate of drug-likeness (QED) is 0.571. The lowest BCUT2D eigenvalue weighted by atomic mass is 9.97. The molecule has 0 radical (unpaired) electrons. The van der Waals surface area contributed by atoms with E-state index in [0.717, 1.165) is 5.56 Å². The van der Waals surface area contributed by atoms with Gasteiger partial charge in [-0.25, -0.2) is 8.42 Å². The lowest BCUT2D eigenvalue weighted by Crippen LogP contribution is -2.55. The Morgan fingerprint density at radius 2 is 1.79 bits per heavy atom. The number of carbonyl (C=O) groups is 1. The number of sulfonamides is 1. The summed E-state index contributed by atoms with van der Waals surface area (Å²) in [5, 5.41) is 10.8. The van der Waals surface area contributed by atoms with E-state index in [9.17, 15) is 18.3 Å². The van der Waals surface area contributed by atoms with Crippen LogP contribution in [0.5, 0.6) is 0 Å². The molecule has 0 bridgehead atoms. The Balaban J connectivity index is 2.37. The summed E-state index contributed by atoms with van der Waals surface area (Å²) >= 11 is 0. The maximum atomic E-state index is 12.7. The minimum Gasteiger partial charge on any atom is -0.465 e. The number of hydrogen-bond donors (Lipinski definition) is 2. The molecule has 0 aliphatic heterocycles. The van der Waals surface area contributed by atoms with Crippen molar-refractivity contribution in [1.82, 2.24) is 4.72 Å². The summed E-state index contributed by atoms with van der Waals surface area (Å²) in [6.45, 7) is 4.72. The van der Waals surface area contributed by atoms with Crippen LogP contribution in [0.3, 0.4) is 0 Å². The van der Waals surface area contributed by atoms with Gasteiger partial charge in [-0.2, -0.15) is 4.72 Å². The van der Waals surface area contributed by atoms with Crippen LogP contribution in [0.4, 0.5) is 0 Å². The average molecular weight is 401 g/mol. The molecule has 2 atom stereocenters. The molecule has 0 saturated heterocycles. The average Bonchev–Trinajstić information content (AvgIpc) is 2.66. The van der Waals surface area contributed by atoms with Crippen molar-refractivity contribution < 1.29 is 23.1 Å². The Hall–Kier alpha value is -2.66. The Bertz CT molecular complexity index is 971. The van der Waals surface area contributed by atoms with Crippen molar-refractivity contribution in [3.05, 3.63) is 65.7 Å². The van der Waals surface area contributed by atoms with Crippen molar-refractivity contribution in [3.63, 3.8) is 0 Å². The number of ether oxygens (including phenoxy) is 1. The molecule has 2 rings (SSSR count). The first-order valence-electron chi connectivity index (χ1n) is 8.72. The van der Waals surface area contributed by atoms with Gasteiger partial charge < -0.3 is 9.84 Å². The minimum atomic E-state index is -4.08. The summed E-state index contributed by atoms with van der Waals surface area (Å²) in [7, 11) is -4.08. The molecule has 0 aliphatic rings. The number of esters is 1. The summed E-state index contributed by atoms with van der Waals surface area (Å²) in [5.41, 5.74) is -0.492. The SMILES string of the molecule is CCOC(=O)[C@@H](NS(=O)(=O)c1ccc(C)cc1)[C@@](C)(O)C#Cc1ccccc1. The molecule has 6 nitrogen and oxygen atoms in total. The first kappa shape index (κ1) is 21.6. The van der Waals surface area contributed by atoms with Crippen LogP contribution in [0.2, 0.25) is 0 Å². The van der Waals surface area contributed by atoms with Crippen molar-refractivity contribution in [3.8, 4) is 11.8 Å². The van der Waals surface area contributed by atoms with Crippen LogP contribution in [-0.2, 0) is 19.6 Å². The third-order valence-corrected chi connectivity index (χ3v) is 5.36. The van der Waals surface area contributed by atoms with Gasteiger partial charge in [0.1, 0.15) is 5.60 Å². The molecule has 2 N–H and O–H groups in total. The molecule has 0 spiro atoms. The number of nitrogens with one attached hydrogen (secondary N) is 1. The van der Waals surface area contributed by atoms with E-state index < -0.39 is 27.6 Å². The molecular formula is C21H23NO5S. The van der Waals surface area contributed by atoms with Crippen molar-refractivity contribution in [2.75, 3.05) is 6.61 Å². The standard InChI is InChI=1S/C21H23NO5S/c1-4-27-20(23)19(21(3,24)15-14-17-8-6-5-7-9-17)22-28(25,26)18-12-10-16(2)11-13-18/h5-13,19,22,24H,4H2,1-3H3/t19-,21+/m1/s1. The second-order valence-corrected chi connectivity index (χ2v) is 8.10. The molecule has 2 aromatic carbocycles. The van der Waals surface area contributed by atoms with Crippen LogP contribution in [0.15, 0.2) is 59.5 Å². The number of rotatable bonds is 6. The Kier molecular flexibility index (Phi) is 6.97. The molecule has 0 aromatic heterocycles. The maximum Gasteiger partial charge on any atom is 0.328 e. The molecule has 0 fully saturated rings. The van der Waals surface area contributed by atoms with Crippen LogP contribution in [-0.4, -0.2) is 37.7 Å². The number of aliphatic hydroxyl groups is 1. The van der Waals surface area contributed by atoms with E-state index in [4.69, 9.17) is 4.74 Å². The fourth-order valence-corrected chi connectivity index (χ4v) is 3.62. The van der Waals surface area contributed by atoms with Gasteiger partial charge in [0, 0.05) is 5.56 Å². The summed E-state index contributed by atoms with van der Waals surface area (Å²) in [5.74, 6) is 4.42. The van der Waals surface area contributed by atoms with Gasteiger partial charge in [0.2, 0.25) is 10.0 Å². The molecule has 28 heavy (non-hydrogen) atoms. The van der Waals surface area contributed by atoms with Crippen molar-refractivity contribution in [1.29, 1.82) is 0 Å². The largest absolute Gasteiger partial charge is 0.465 e. The van der Waals surface area contributed by atoms with E-state index in [-0.39, 0.29) is 11.5 Å². The normalized spacial score (nSPS) is 14.3. The predicted octanol–water partition coefficient (Wildman–Crippen LogP) is 2.01. The van der Waals surface area contributed by atoms with Crippen LogP contribution >= 0.6 is 0 Å². The Morgan fingerprint density at radius 3 is 2.36 bits per heavy atom. The van der Waals surface area contributed by atoms with Crippen LogP contribution < -0.4 is 4.72 Å². The number of carbonyl (C=O) groups excluding carboxylic acids is 1. The monoisotopic (exact) mass is 401 g/mol. The highest BCUT2D eigenvalue weighted by Gasteiger charge is 2.40. The van der Waals surface area contributed by atoms with Crippen molar-refractivity contribution in [2.24, 2.45) is 0 Å². The van der Waals surface area contributed by atoms with Gasteiger partial charge in [0.05, 0.1) is 11.5 Å². The third kappa shape index (κ3) is 5.67. The second-order valence-electron chi connectivity index (χ2n) is 6.38. The minimum absolute atomic E-state index is 0.0285. The molecular weight excluding hydrogens is 378 g/mol. The van der Waals surface area contributed by atoms with Crippen molar-refractivity contribution >= 4 is 16.0 Å². The van der Waals surface area contributed by atoms with Gasteiger partial charge in [0.15, 0.2) is 6.04 Å². The van der Waals surface area contributed by atoms with E-state index in [1.54, 1.807) is 43.3 Å². The zero-order valence-corrected chi connectivity index (χ0v) is 16.8. The van der Waals surface area contributed by atoms with Crippen molar-refractivity contribution in [2.45, 2.75) is 37.3 Å². The van der Waals surface area contributed by atoms with Gasteiger partial charge in [-0.05, 0) is 45.0 Å². The second kappa shape index (κ2) is 9.02. The van der Waals surface area contributed by atoms with E-state index in [1.807, 2.05) is 13.0 Å². The van der Waals surface area contributed by atoms with Gasteiger partial charge in [0.25, 0.3) is 0 Å². The summed E-state index contributed by atoms with van der Waals surface area (Å²) in [6, 6.07) is 13.4. The molecule has 0 aliphatic carbocycles. The van der Waals surface area contributed by atoms with Crippen LogP contribution in [0.1, 0.15) is 25.0 Å². The Labute approximate surface area is 165 Å². The van der Waals surface area contributed by atoms with Gasteiger partial charge in [-0.3, -0.25) is 4.79 Å². The number of hydrogen-bond acceptors (Lipinski definition) is 5. The zero-order chi connectivity index (χ0) is 20.8. The predicted molar refractivity (Wildman–Crippen MR) is 106 cm³/mol. The highest BCUT2D eigenvalue weighted by molar-refractivity contribution is 7.89. The van der Waals surface area contributed by atoms with Gasteiger partial charge in [-0.15, -0.1) is 0 Å². The summed E-state index contributed by atoms with van der Waals surface area (Å²) < 4.78 is 32.6. The molecule has 0 heterocycles. The lowest BCUT2D eigenvalue weighted by Gasteiger charge is -2.27. The molecule has 7 heteroatoms. The first-order valence-corrected chi connectivity index (χ1v) is 10.2. The van der Waals surface area contributed by atoms with Gasteiger partial charge >= 0.3 is 5.97 Å². The van der Waals surface area contributed by atoms with Crippen LogP contribution in [0, 0.1) is 18.8 Å². The van der Waals surface area contributed by atoms with E-state index in [2.05, 4.69) is 16.6 Å². The van der Waals surface area contributed by atoms with E-state index in [1.165, 1.54) is 19.1 Å². The molecule has 0 saturated carbocycles. The first-order chi connectivity index (χ1) is 13.2. The third-order valence-electron chi connectivity index (χ3n) is 3.92. The molecule has 148 valence electrons. The molecule has 2 aromatic rings. The fraction of sp³-hybridized carbons (Fsp3) is 0.286. The zero-order valence-electron chi connectivity index (χ0n) is 16.0. The number of benzene rings is 2. The molecule has 0 amide bonds. The Morgan fingerprint density at radius 1 is 1.18 bits per heavy atom. The number of aryl methyl sites for hydroxylation is 1. The fourth-order valence-electron chi connectivity index (χ4n) is 2.35. The highest BCUT2D eigenvalue weighted by atomic mass is 32.2. The van der Waals surface area contributed by atoms with Gasteiger partial charge in [-0.1, -0.05) is 47.7 Å². The smallest absolute Gasteiger partial charge is 0.328 e. The van der Waals surface area contributed by atoms with Crippen LogP contribution in [0.25, 0.3) is 0 Å². The topological polar surface area (TPSA) is 92.7 Å². The van der Waals surface area contributed by atoms with E-state index in [0.29, 0.717) is 5.56 Å².